The second-order valence-electron chi connectivity index (χ2n) is 7.06. The molecule has 0 aromatic rings. The lowest BCUT2D eigenvalue weighted by atomic mass is 10.0. The molecule has 0 radical (unpaired) electrons. The smallest absolute Gasteiger partial charge is 0.330 e. The molecular weight excluding hydrogens is 392 g/mol. The van der Waals surface area contributed by atoms with E-state index in [1.165, 1.54) is 25.3 Å². The molecule has 1 N–H and O–H groups in total. The van der Waals surface area contributed by atoms with Crippen molar-refractivity contribution in [3.05, 3.63) is 12.2 Å². The molecule has 0 aromatic carbocycles. The van der Waals surface area contributed by atoms with Gasteiger partial charge in [-0.2, -0.15) is 0 Å². The van der Waals surface area contributed by atoms with Gasteiger partial charge in [-0.05, 0) is 19.4 Å². The number of aliphatic carboxylic acids is 1. The molecule has 8 heteroatoms. The maximum absolute atomic E-state index is 12.0. The molecule has 0 heterocycles. The van der Waals surface area contributed by atoms with Crippen molar-refractivity contribution < 1.29 is 38.4 Å². The fourth-order valence-electron chi connectivity index (χ4n) is 2.67. The summed E-state index contributed by atoms with van der Waals surface area (Å²) in [5.74, 6) is -3.75. The van der Waals surface area contributed by atoms with Crippen LogP contribution in [-0.2, 0) is 33.3 Å². The van der Waals surface area contributed by atoms with Gasteiger partial charge in [0.15, 0.2) is 5.92 Å². The number of hydrogen-bond acceptors (Lipinski definition) is 7. The van der Waals surface area contributed by atoms with Gasteiger partial charge in [-0.3, -0.25) is 9.59 Å². The van der Waals surface area contributed by atoms with E-state index in [4.69, 9.17) is 18.9 Å². The molecular formula is C22H38O8. The first-order valence-electron chi connectivity index (χ1n) is 10.8. The minimum Gasteiger partial charge on any atom is -0.481 e. The number of carboxylic acid groups (broad SMARTS) is 1. The SMILES string of the molecule is CCCCCCCCCC(C(=O)O)C(=O)OCCOC(=O)/C=C/C(C)OCCOC. The zero-order chi connectivity index (χ0) is 22.6. The summed E-state index contributed by atoms with van der Waals surface area (Å²) in [6.45, 7) is 4.48. The predicted molar refractivity (Wildman–Crippen MR) is 112 cm³/mol. The van der Waals surface area contributed by atoms with Gasteiger partial charge in [-0.25, -0.2) is 4.79 Å². The highest BCUT2D eigenvalue weighted by Gasteiger charge is 2.27. The second kappa shape index (κ2) is 19.1. The van der Waals surface area contributed by atoms with Gasteiger partial charge < -0.3 is 24.1 Å². The molecule has 0 fully saturated rings. The third kappa shape index (κ3) is 15.9. The molecule has 0 saturated carbocycles. The van der Waals surface area contributed by atoms with Crippen molar-refractivity contribution in [1.29, 1.82) is 0 Å². The quantitative estimate of drug-likeness (QED) is 0.143. The molecule has 0 spiro atoms. The van der Waals surface area contributed by atoms with Crippen molar-refractivity contribution in [3.63, 3.8) is 0 Å². The van der Waals surface area contributed by atoms with Crippen molar-refractivity contribution >= 4 is 17.9 Å². The van der Waals surface area contributed by atoms with Crippen LogP contribution in [0.4, 0.5) is 0 Å². The van der Waals surface area contributed by atoms with E-state index >= 15 is 0 Å². The Hall–Kier alpha value is -1.93. The molecule has 0 aliphatic rings. The Bertz CT molecular complexity index is 503. The Morgan fingerprint density at radius 2 is 1.53 bits per heavy atom. The number of carbonyl (C=O) groups is 3. The number of esters is 2. The Morgan fingerprint density at radius 3 is 2.17 bits per heavy atom. The Labute approximate surface area is 179 Å². The molecule has 0 aromatic heterocycles. The highest BCUT2D eigenvalue weighted by atomic mass is 16.6. The number of methoxy groups -OCH3 is 1. The topological polar surface area (TPSA) is 108 Å². The van der Waals surface area contributed by atoms with Crippen LogP contribution in [0, 0.1) is 5.92 Å². The van der Waals surface area contributed by atoms with E-state index < -0.39 is 23.8 Å². The standard InChI is InChI=1S/C22H38O8/c1-4-5-6-7-8-9-10-11-19(21(24)25)22(26)30-17-16-29-20(23)13-12-18(2)28-15-14-27-3/h12-13,18-19H,4-11,14-17H2,1-3H3,(H,24,25)/b13-12+. The number of rotatable bonds is 19. The van der Waals surface area contributed by atoms with E-state index in [-0.39, 0.29) is 25.7 Å². The number of carbonyl (C=O) groups excluding carboxylic acids is 2. The van der Waals surface area contributed by atoms with Crippen LogP contribution in [0.25, 0.3) is 0 Å². The molecule has 30 heavy (non-hydrogen) atoms. The molecule has 0 bridgehead atoms. The van der Waals surface area contributed by atoms with E-state index in [1.54, 1.807) is 20.1 Å². The highest BCUT2D eigenvalue weighted by Crippen LogP contribution is 2.14. The van der Waals surface area contributed by atoms with Gasteiger partial charge in [0.1, 0.15) is 13.2 Å². The Balaban J connectivity index is 4.00. The zero-order valence-corrected chi connectivity index (χ0v) is 18.6. The maximum Gasteiger partial charge on any atom is 0.330 e. The first-order valence-corrected chi connectivity index (χ1v) is 10.8. The molecule has 0 amide bonds. The predicted octanol–water partition coefficient (Wildman–Crippen LogP) is 3.52. The summed E-state index contributed by atoms with van der Waals surface area (Å²) >= 11 is 0. The van der Waals surface area contributed by atoms with Crippen molar-refractivity contribution in [2.75, 3.05) is 33.5 Å². The average Bonchev–Trinajstić information content (AvgIpc) is 2.71. The lowest BCUT2D eigenvalue weighted by molar-refractivity contribution is -0.161. The minimum absolute atomic E-state index is 0.141. The molecule has 0 saturated heterocycles. The van der Waals surface area contributed by atoms with Crippen LogP contribution in [-0.4, -0.2) is 62.7 Å². The summed E-state index contributed by atoms with van der Waals surface area (Å²) in [4.78, 5) is 34.9. The third-order valence-corrected chi connectivity index (χ3v) is 4.42. The maximum atomic E-state index is 12.0. The molecule has 0 aliphatic heterocycles. The highest BCUT2D eigenvalue weighted by molar-refractivity contribution is 5.93. The van der Waals surface area contributed by atoms with Gasteiger partial charge in [0, 0.05) is 13.2 Å². The van der Waals surface area contributed by atoms with Gasteiger partial charge in [-0.1, -0.05) is 51.9 Å². The molecule has 0 aliphatic carbocycles. The number of unbranched alkanes of at least 4 members (excludes halogenated alkanes) is 6. The van der Waals surface area contributed by atoms with Gasteiger partial charge in [0.05, 0.1) is 19.3 Å². The molecule has 8 nitrogen and oxygen atoms in total. The number of carboxylic acids is 1. The second-order valence-corrected chi connectivity index (χ2v) is 7.06. The van der Waals surface area contributed by atoms with Gasteiger partial charge in [-0.15, -0.1) is 0 Å². The van der Waals surface area contributed by atoms with Gasteiger partial charge in [0.2, 0.25) is 0 Å². The van der Waals surface area contributed by atoms with Gasteiger partial charge >= 0.3 is 17.9 Å². The first-order chi connectivity index (χ1) is 14.4. The molecule has 0 rings (SSSR count). The largest absolute Gasteiger partial charge is 0.481 e. The number of hydrogen-bond donors (Lipinski definition) is 1. The first kappa shape index (κ1) is 28.1. The van der Waals surface area contributed by atoms with Crippen molar-refractivity contribution in [2.24, 2.45) is 5.92 Å². The fourth-order valence-corrected chi connectivity index (χ4v) is 2.67. The van der Waals surface area contributed by atoms with E-state index in [0.717, 1.165) is 19.3 Å². The summed E-state index contributed by atoms with van der Waals surface area (Å²) in [7, 11) is 1.57. The van der Waals surface area contributed by atoms with E-state index in [1.807, 2.05) is 0 Å². The zero-order valence-electron chi connectivity index (χ0n) is 18.6. The van der Waals surface area contributed by atoms with Crippen LogP contribution in [0.1, 0.15) is 65.2 Å². The fraction of sp³-hybridized carbons (Fsp3) is 0.773. The minimum atomic E-state index is -1.19. The Kier molecular flexibility index (Phi) is 17.8. The summed E-state index contributed by atoms with van der Waals surface area (Å²) in [6.07, 6.45) is 10.1. The summed E-state index contributed by atoms with van der Waals surface area (Å²) in [6, 6.07) is 0. The van der Waals surface area contributed by atoms with Crippen LogP contribution in [0.3, 0.4) is 0 Å². The molecule has 2 atom stereocenters. The summed E-state index contributed by atoms with van der Waals surface area (Å²) in [5, 5.41) is 9.25. The van der Waals surface area contributed by atoms with Crippen molar-refractivity contribution in [1.82, 2.24) is 0 Å². The van der Waals surface area contributed by atoms with Crippen LogP contribution >= 0.6 is 0 Å². The Morgan fingerprint density at radius 1 is 0.900 bits per heavy atom. The molecule has 174 valence electrons. The lowest BCUT2D eigenvalue weighted by Crippen LogP contribution is -2.27. The van der Waals surface area contributed by atoms with Crippen LogP contribution in [0.15, 0.2) is 12.2 Å². The average molecular weight is 431 g/mol. The monoisotopic (exact) mass is 430 g/mol. The molecule has 2 unspecified atom stereocenters. The van der Waals surface area contributed by atoms with Crippen LogP contribution in [0.2, 0.25) is 0 Å². The van der Waals surface area contributed by atoms with Crippen LogP contribution in [0.5, 0.6) is 0 Å². The van der Waals surface area contributed by atoms with E-state index in [2.05, 4.69) is 6.92 Å². The number of ether oxygens (including phenoxy) is 4. The van der Waals surface area contributed by atoms with Gasteiger partial charge in [0.25, 0.3) is 0 Å². The summed E-state index contributed by atoms with van der Waals surface area (Å²) < 4.78 is 20.1. The van der Waals surface area contributed by atoms with Crippen LogP contribution < -0.4 is 0 Å². The van der Waals surface area contributed by atoms with Crippen molar-refractivity contribution in [2.45, 2.75) is 71.3 Å². The summed E-state index contributed by atoms with van der Waals surface area (Å²) in [5.41, 5.74) is 0. The lowest BCUT2D eigenvalue weighted by Gasteiger charge is -2.12. The van der Waals surface area contributed by atoms with Crippen molar-refractivity contribution in [3.8, 4) is 0 Å². The van der Waals surface area contributed by atoms with E-state index in [9.17, 15) is 19.5 Å². The third-order valence-electron chi connectivity index (χ3n) is 4.42. The van der Waals surface area contributed by atoms with E-state index in [0.29, 0.717) is 19.6 Å². The normalized spacial score (nSPS) is 13.2.